The van der Waals surface area contributed by atoms with Crippen molar-refractivity contribution in [2.75, 3.05) is 12.4 Å². The van der Waals surface area contributed by atoms with Crippen LogP contribution in [0.4, 0.5) is 10.5 Å². The molecule has 2 rings (SSSR count). The molecular formula is C17H22N4O3. The highest BCUT2D eigenvalue weighted by atomic mass is 16.5. The Labute approximate surface area is 141 Å². The van der Waals surface area contributed by atoms with Gasteiger partial charge in [0.15, 0.2) is 0 Å². The standard InChI is InChI=1S/C17H22N4O3/c1-5-21-10-14(12(3)20-21)11(2)18-17(23)19-15-9-7-6-8-13(15)16(22)24-4/h6-11H,5H2,1-4H3,(H2,18,19,23)/t11-/m1/s1. The lowest BCUT2D eigenvalue weighted by Crippen LogP contribution is -2.31. The normalized spacial score (nSPS) is 11.7. The molecule has 1 atom stereocenters. The van der Waals surface area contributed by atoms with Crippen LogP contribution in [-0.2, 0) is 11.3 Å². The summed E-state index contributed by atoms with van der Waals surface area (Å²) in [4.78, 5) is 24.0. The van der Waals surface area contributed by atoms with Gasteiger partial charge >= 0.3 is 12.0 Å². The number of nitrogens with zero attached hydrogens (tertiary/aromatic N) is 2. The van der Waals surface area contributed by atoms with Gasteiger partial charge in [-0.3, -0.25) is 4.68 Å². The van der Waals surface area contributed by atoms with Crippen molar-refractivity contribution < 1.29 is 14.3 Å². The number of ether oxygens (including phenoxy) is 1. The molecule has 0 bridgehead atoms. The number of para-hydroxylation sites is 1. The summed E-state index contributed by atoms with van der Waals surface area (Å²) in [5.41, 5.74) is 2.53. The minimum Gasteiger partial charge on any atom is -0.465 e. The van der Waals surface area contributed by atoms with Crippen LogP contribution in [0.25, 0.3) is 0 Å². The molecule has 0 saturated heterocycles. The molecule has 0 unspecified atom stereocenters. The Morgan fingerprint density at radius 2 is 2.04 bits per heavy atom. The van der Waals surface area contributed by atoms with Gasteiger partial charge in [-0.25, -0.2) is 9.59 Å². The smallest absolute Gasteiger partial charge is 0.339 e. The maximum absolute atomic E-state index is 12.2. The van der Waals surface area contributed by atoms with Gasteiger partial charge in [-0.2, -0.15) is 5.10 Å². The number of hydrogen-bond donors (Lipinski definition) is 2. The van der Waals surface area contributed by atoms with Gasteiger partial charge in [0.05, 0.1) is 30.1 Å². The van der Waals surface area contributed by atoms with Gasteiger partial charge in [-0.1, -0.05) is 12.1 Å². The number of aromatic nitrogens is 2. The predicted octanol–water partition coefficient (Wildman–Crippen LogP) is 2.88. The van der Waals surface area contributed by atoms with E-state index < -0.39 is 12.0 Å². The summed E-state index contributed by atoms with van der Waals surface area (Å²) in [5, 5.41) is 9.91. The SMILES string of the molecule is CCn1cc([C@@H](C)NC(=O)Nc2ccccc2C(=O)OC)c(C)n1. The van der Waals surface area contributed by atoms with Crippen LogP contribution in [0.5, 0.6) is 0 Å². The largest absolute Gasteiger partial charge is 0.465 e. The van der Waals surface area contributed by atoms with Gasteiger partial charge in [0.2, 0.25) is 0 Å². The molecule has 1 aromatic heterocycles. The van der Waals surface area contributed by atoms with Crippen molar-refractivity contribution in [3.8, 4) is 0 Å². The van der Waals surface area contributed by atoms with Gasteiger partial charge in [0.1, 0.15) is 0 Å². The Hall–Kier alpha value is -2.83. The third-order valence-electron chi connectivity index (χ3n) is 3.70. The molecule has 0 fully saturated rings. The number of hydrogen-bond acceptors (Lipinski definition) is 4. The molecule has 1 heterocycles. The van der Waals surface area contributed by atoms with Crippen LogP contribution >= 0.6 is 0 Å². The zero-order chi connectivity index (χ0) is 17.7. The van der Waals surface area contributed by atoms with Crippen molar-refractivity contribution in [3.63, 3.8) is 0 Å². The first-order chi connectivity index (χ1) is 11.5. The molecule has 7 heteroatoms. The van der Waals surface area contributed by atoms with Gasteiger partial charge in [0.25, 0.3) is 0 Å². The Morgan fingerprint density at radius 1 is 1.33 bits per heavy atom. The maximum atomic E-state index is 12.2. The number of nitrogens with one attached hydrogen (secondary N) is 2. The minimum atomic E-state index is -0.501. The van der Waals surface area contributed by atoms with E-state index in [4.69, 9.17) is 4.74 Å². The fraction of sp³-hybridized carbons (Fsp3) is 0.353. The fourth-order valence-electron chi connectivity index (χ4n) is 2.43. The van der Waals surface area contributed by atoms with E-state index in [1.807, 2.05) is 31.6 Å². The van der Waals surface area contributed by atoms with Crippen LogP contribution in [0.3, 0.4) is 0 Å². The first-order valence-electron chi connectivity index (χ1n) is 7.75. The number of carbonyl (C=O) groups excluding carboxylic acids is 2. The van der Waals surface area contributed by atoms with Crippen molar-refractivity contribution in [2.24, 2.45) is 0 Å². The van der Waals surface area contributed by atoms with E-state index in [2.05, 4.69) is 15.7 Å². The van der Waals surface area contributed by atoms with E-state index in [0.717, 1.165) is 17.8 Å². The Balaban J connectivity index is 2.08. The first-order valence-corrected chi connectivity index (χ1v) is 7.75. The maximum Gasteiger partial charge on any atom is 0.339 e. The van der Waals surface area contributed by atoms with E-state index in [1.165, 1.54) is 7.11 Å². The Kier molecular flexibility index (Phi) is 5.57. The second-order valence-electron chi connectivity index (χ2n) is 5.38. The highest BCUT2D eigenvalue weighted by Crippen LogP contribution is 2.18. The summed E-state index contributed by atoms with van der Waals surface area (Å²) >= 11 is 0. The average Bonchev–Trinajstić information content (AvgIpc) is 2.95. The van der Waals surface area contributed by atoms with E-state index in [0.29, 0.717) is 11.3 Å². The number of anilines is 1. The third kappa shape index (κ3) is 3.92. The zero-order valence-corrected chi connectivity index (χ0v) is 14.3. The number of benzene rings is 1. The second-order valence-corrected chi connectivity index (χ2v) is 5.38. The van der Waals surface area contributed by atoms with Gasteiger partial charge in [-0.15, -0.1) is 0 Å². The van der Waals surface area contributed by atoms with Crippen LogP contribution in [0.15, 0.2) is 30.5 Å². The number of methoxy groups -OCH3 is 1. The summed E-state index contributed by atoms with van der Waals surface area (Å²) in [6, 6.07) is 6.08. The minimum absolute atomic E-state index is 0.212. The molecule has 0 spiro atoms. The lowest BCUT2D eigenvalue weighted by atomic mass is 10.1. The van der Waals surface area contributed by atoms with E-state index in [1.54, 1.807) is 24.3 Å². The molecule has 2 amide bonds. The molecule has 0 radical (unpaired) electrons. The monoisotopic (exact) mass is 330 g/mol. The topological polar surface area (TPSA) is 85.2 Å². The Morgan fingerprint density at radius 3 is 2.67 bits per heavy atom. The number of urea groups is 1. The van der Waals surface area contributed by atoms with Gasteiger partial charge in [-0.05, 0) is 32.9 Å². The summed E-state index contributed by atoms with van der Waals surface area (Å²) in [6.07, 6.45) is 1.92. The Bertz CT molecular complexity index is 739. The van der Waals surface area contributed by atoms with Crippen molar-refractivity contribution in [2.45, 2.75) is 33.4 Å². The predicted molar refractivity (Wildman–Crippen MR) is 91.0 cm³/mol. The van der Waals surface area contributed by atoms with Crippen molar-refractivity contribution in [3.05, 3.63) is 47.3 Å². The molecule has 0 aliphatic carbocycles. The molecule has 0 saturated carbocycles. The zero-order valence-electron chi connectivity index (χ0n) is 14.3. The first kappa shape index (κ1) is 17.5. The molecular weight excluding hydrogens is 308 g/mol. The number of carbonyl (C=O) groups is 2. The number of amides is 2. The highest BCUT2D eigenvalue weighted by Gasteiger charge is 2.17. The molecule has 2 N–H and O–H groups in total. The second kappa shape index (κ2) is 7.63. The summed E-state index contributed by atoms with van der Waals surface area (Å²) in [5.74, 6) is -0.501. The molecule has 0 aliphatic rings. The molecule has 24 heavy (non-hydrogen) atoms. The lowest BCUT2D eigenvalue weighted by Gasteiger charge is -2.15. The average molecular weight is 330 g/mol. The van der Waals surface area contributed by atoms with Crippen LogP contribution in [0.1, 0.15) is 41.5 Å². The van der Waals surface area contributed by atoms with Gasteiger partial charge < -0.3 is 15.4 Å². The summed E-state index contributed by atoms with van der Waals surface area (Å²) in [6.45, 7) is 6.57. The van der Waals surface area contributed by atoms with Crippen molar-refractivity contribution in [1.82, 2.24) is 15.1 Å². The van der Waals surface area contributed by atoms with Crippen LogP contribution in [-0.4, -0.2) is 28.9 Å². The van der Waals surface area contributed by atoms with E-state index in [-0.39, 0.29) is 6.04 Å². The van der Waals surface area contributed by atoms with E-state index in [9.17, 15) is 9.59 Å². The van der Waals surface area contributed by atoms with E-state index >= 15 is 0 Å². The number of rotatable bonds is 5. The van der Waals surface area contributed by atoms with Gasteiger partial charge in [0, 0.05) is 18.3 Å². The van der Waals surface area contributed by atoms with Crippen molar-refractivity contribution >= 4 is 17.7 Å². The third-order valence-corrected chi connectivity index (χ3v) is 3.70. The quantitative estimate of drug-likeness (QED) is 0.826. The van der Waals surface area contributed by atoms with Crippen LogP contribution in [0.2, 0.25) is 0 Å². The number of aryl methyl sites for hydroxylation is 2. The molecule has 7 nitrogen and oxygen atoms in total. The van der Waals surface area contributed by atoms with Crippen molar-refractivity contribution in [1.29, 1.82) is 0 Å². The molecule has 128 valence electrons. The number of esters is 1. The lowest BCUT2D eigenvalue weighted by molar-refractivity contribution is 0.0602. The molecule has 0 aliphatic heterocycles. The molecule has 2 aromatic rings. The van der Waals surface area contributed by atoms with Crippen LogP contribution < -0.4 is 10.6 Å². The molecule has 1 aromatic carbocycles. The van der Waals surface area contributed by atoms with Crippen LogP contribution in [0, 0.1) is 6.92 Å². The summed E-state index contributed by atoms with van der Waals surface area (Å²) < 4.78 is 6.54. The fourth-order valence-corrected chi connectivity index (χ4v) is 2.43. The summed E-state index contributed by atoms with van der Waals surface area (Å²) in [7, 11) is 1.30. The highest BCUT2D eigenvalue weighted by molar-refractivity contribution is 6.00.